The summed E-state index contributed by atoms with van der Waals surface area (Å²) < 4.78 is 0. The quantitative estimate of drug-likeness (QED) is 0.0723. The number of amidine groups is 1. The maximum Gasteiger partial charge on any atom is 0.350 e. The number of β-lactam (4-membered cyclic amide) rings is 1. The normalized spacial score (nSPS) is 18.8. The number of nitrogens with two attached hydrogens (primary N) is 2. The highest BCUT2D eigenvalue weighted by Gasteiger charge is 2.53. The van der Waals surface area contributed by atoms with Crippen LogP contribution in [0.1, 0.15) is 19.5 Å². The minimum atomic E-state index is -1.72. The number of thioether (sulfide) groups is 2. The molecule has 0 aliphatic carbocycles. The highest BCUT2D eigenvalue weighted by molar-refractivity contribution is 8.06. The van der Waals surface area contributed by atoms with Crippen LogP contribution in [-0.2, 0) is 19.2 Å². The number of carboxylic acids is 1. The summed E-state index contributed by atoms with van der Waals surface area (Å²) in [5, 5.41) is 24.9. The number of aliphatic carboxylic acids is 1. The number of amides is 2. The first-order valence-corrected chi connectivity index (χ1v) is 13.6. The van der Waals surface area contributed by atoms with Gasteiger partial charge in [0, 0.05) is 33.3 Å². The van der Waals surface area contributed by atoms with Gasteiger partial charge in [0.05, 0.1) is 5.70 Å². The Hall–Kier alpha value is -4.03. The fraction of sp³-hybridized carbons (Fsp3) is 0.286. The van der Waals surface area contributed by atoms with Crippen molar-refractivity contribution in [2.24, 2.45) is 10.9 Å². The molecule has 2 aromatic rings. The highest BCUT2D eigenvalue weighted by Crippen LogP contribution is 2.44. The molecular weight excluding hydrogens is 568 g/mol. The molecule has 18 heteroatoms. The summed E-state index contributed by atoms with van der Waals surface area (Å²) in [4.78, 5) is 53.8. The molecule has 9 N–H and O–H groups in total. The van der Waals surface area contributed by atoms with E-state index in [0.717, 1.165) is 21.1 Å². The number of thiazole rings is 1. The molecule has 206 valence electrons. The van der Waals surface area contributed by atoms with Crippen molar-refractivity contribution in [3.05, 3.63) is 46.2 Å². The number of aromatic nitrogens is 2. The zero-order valence-corrected chi connectivity index (χ0v) is 22.9. The minimum absolute atomic E-state index is 0.0708. The largest absolute Gasteiger partial charge is 0.478 e. The third-order valence-corrected chi connectivity index (χ3v) is 8.45. The molecule has 2 aliphatic rings. The molecule has 0 saturated carbocycles. The van der Waals surface area contributed by atoms with E-state index in [-0.39, 0.29) is 22.4 Å². The molecule has 2 aliphatic heterocycles. The molecule has 2 unspecified atom stereocenters. The average molecular weight is 593 g/mol. The lowest BCUT2D eigenvalue weighted by Gasteiger charge is -2.50. The van der Waals surface area contributed by atoms with Gasteiger partial charge in [-0.1, -0.05) is 16.9 Å². The van der Waals surface area contributed by atoms with Gasteiger partial charge in [-0.2, -0.15) is 0 Å². The average Bonchev–Trinajstić information content (AvgIpc) is 3.34. The van der Waals surface area contributed by atoms with Crippen molar-refractivity contribution in [3.8, 4) is 0 Å². The fourth-order valence-corrected chi connectivity index (χ4v) is 6.31. The maximum absolute atomic E-state index is 13.2. The van der Waals surface area contributed by atoms with Gasteiger partial charge in [-0.05, 0) is 26.0 Å². The van der Waals surface area contributed by atoms with E-state index in [9.17, 15) is 19.5 Å². The molecule has 0 bridgehead atoms. The van der Waals surface area contributed by atoms with Crippen LogP contribution in [0.15, 0.2) is 50.6 Å². The van der Waals surface area contributed by atoms with Crippen molar-refractivity contribution in [3.63, 3.8) is 0 Å². The number of rotatable bonds is 9. The zero-order valence-electron chi connectivity index (χ0n) is 20.5. The molecule has 39 heavy (non-hydrogen) atoms. The molecule has 1 fully saturated rings. The number of pyridine rings is 1. The van der Waals surface area contributed by atoms with E-state index < -0.39 is 34.8 Å². The van der Waals surface area contributed by atoms with Gasteiger partial charge in [-0.15, -0.1) is 23.1 Å². The van der Waals surface area contributed by atoms with Crippen molar-refractivity contribution in [1.82, 2.24) is 20.2 Å². The summed E-state index contributed by atoms with van der Waals surface area (Å²) in [5.41, 5.74) is 19.9. The van der Waals surface area contributed by atoms with Crippen LogP contribution in [0.3, 0.4) is 0 Å². The van der Waals surface area contributed by atoms with E-state index in [1.54, 1.807) is 12.4 Å². The number of anilines is 1. The van der Waals surface area contributed by atoms with E-state index in [2.05, 4.69) is 20.4 Å². The van der Waals surface area contributed by atoms with Gasteiger partial charge in [0.2, 0.25) is 5.60 Å². The van der Waals surface area contributed by atoms with Crippen LogP contribution < -0.4 is 16.8 Å². The standard InChI is InChI=1S/C21H22N8O5S3.H2N2/c1-21(2,19(32)33)34-28-12(10-7-36-20(24)26-10)16(30)27-13-17(31)29-14(15(22)23)11(8-35-18(13)29)37-9-3-5-25-6-4-9;1-2/h3-7,13,18H,8H2,1-2H3,(H3,22,23)(H2,24,26)(H,27,30)(H,32,33);1-2H/b28-12-;. The van der Waals surface area contributed by atoms with Gasteiger partial charge >= 0.3 is 5.97 Å². The molecular formula is C21H24N10O5S3. The number of nitrogens with one attached hydrogen (secondary N) is 4. The number of carbonyl (C=O) groups excluding carboxylic acids is 2. The molecule has 4 rings (SSSR count). The van der Waals surface area contributed by atoms with E-state index in [1.165, 1.54) is 47.7 Å². The molecule has 2 aromatic heterocycles. The summed E-state index contributed by atoms with van der Waals surface area (Å²) in [6, 6.07) is 2.69. The van der Waals surface area contributed by atoms with Gasteiger partial charge in [0.25, 0.3) is 11.8 Å². The Morgan fingerprint density at radius 2 is 2.00 bits per heavy atom. The minimum Gasteiger partial charge on any atom is -0.478 e. The van der Waals surface area contributed by atoms with E-state index >= 15 is 0 Å². The summed E-state index contributed by atoms with van der Waals surface area (Å²) in [7, 11) is 0. The first-order chi connectivity index (χ1) is 18.5. The Labute approximate surface area is 234 Å². The van der Waals surface area contributed by atoms with Crippen molar-refractivity contribution in [2.75, 3.05) is 11.5 Å². The second-order valence-corrected chi connectivity index (χ2v) is 11.4. The van der Waals surface area contributed by atoms with Crippen molar-refractivity contribution in [1.29, 1.82) is 16.5 Å². The van der Waals surface area contributed by atoms with Crippen LogP contribution >= 0.6 is 34.9 Å². The smallest absolute Gasteiger partial charge is 0.350 e. The van der Waals surface area contributed by atoms with Crippen molar-refractivity contribution >= 4 is 69.3 Å². The first kappa shape index (κ1) is 29.5. The lowest BCUT2D eigenvalue weighted by atomic mass is 10.0. The summed E-state index contributed by atoms with van der Waals surface area (Å²) >= 11 is 3.85. The SMILES string of the molecule is CC(C)(O/N=C(\C(=O)NC1C(=O)N2C(C(=N)N)=C(Sc3ccncc3)CSC12)c1csc(N)n1)C(=O)O.N=N. The van der Waals surface area contributed by atoms with Gasteiger partial charge < -0.3 is 26.7 Å². The second-order valence-electron chi connectivity index (χ2n) is 8.25. The van der Waals surface area contributed by atoms with Gasteiger partial charge in [-0.3, -0.25) is 24.9 Å². The number of nitrogens with zero attached hydrogens (tertiary/aromatic N) is 4. The summed E-state index contributed by atoms with van der Waals surface area (Å²) in [6.07, 6.45) is 3.29. The number of fused-ring (bicyclic) bond motifs is 1. The van der Waals surface area contributed by atoms with Crippen LogP contribution in [0, 0.1) is 16.5 Å². The van der Waals surface area contributed by atoms with E-state index in [0.29, 0.717) is 11.4 Å². The zero-order chi connectivity index (χ0) is 28.9. The number of nitrogen functional groups attached to an aromatic ring is 1. The van der Waals surface area contributed by atoms with Gasteiger partial charge in [0.1, 0.15) is 22.9 Å². The molecule has 0 radical (unpaired) electrons. The third kappa shape index (κ3) is 6.35. The number of carboxylic acid groups (broad SMARTS) is 1. The Bertz CT molecular complexity index is 1350. The Balaban J connectivity index is 0.00000205. The van der Waals surface area contributed by atoms with Crippen molar-refractivity contribution < 1.29 is 24.3 Å². The fourth-order valence-electron chi connectivity index (χ4n) is 3.28. The third-order valence-electron chi connectivity index (χ3n) is 5.23. The Morgan fingerprint density at radius 1 is 1.33 bits per heavy atom. The predicted octanol–water partition coefficient (Wildman–Crippen LogP) is 1.64. The molecule has 4 heterocycles. The van der Waals surface area contributed by atoms with Crippen molar-refractivity contribution in [2.45, 2.75) is 35.8 Å². The monoisotopic (exact) mass is 592 g/mol. The molecule has 2 amide bonds. The number of carbonyl (C=O) groups is 3. The topological polar surface area (TPSA) is 258 Å². The number of hydrogen-bond donors (Lipinski definition) is 7. The van der Waals surface area contributed by atoms with E-state index in [4.69, 9.17) is 32.8 Å². The first-order valence-electron chi connectivity index (χ1n) is 10.9. The number of hydrogen-bond acceptors (Lipinski definition) is 14. The lowest BCUT2D eigenvalue weighted by molar-refractivity contribution is -0.161. The van der Waals surface area contributed by atoms with E-state index in [1.807, 2.05) is 12.1 Å². The molecule has 2 atom stereocenters. The summed E-state index contributed by atoms with van der Waals surface area (Å²) in [5.74, 6) is -2.34. The molecule has 1 saturated heterocycles. The number of oxime groups is 1. The molecule has 0 aromatic carbocycles. The van der Waals surface area contributed by atoms with Crippen LogP contribution in [0.5, 0.6) is 0 Å². The van der Waals surface area contributed by atoms with Gasteiger partial charge in [0.15, 0.2) is 10.8 Å². The van der Waals surface area contributed by atoms with Crippen LogP contribution in [0.4, 0.5) is 5.13 Å². The molecule has 15 nitrogen and oxygen atoms in total. The Kier molecular flexibility index (Phi) is 9.25. The Morgan fingerprint density at radius 3 is 2.56 bits per heavy atom. The lowest BCUT2D eigenvalue weighted by Crippen LogP contribution is -2.71. The van der Waals surface area contributed by atoms with Gasteiger partial charge in [-0.25, -0.2) is 20.8 Å². The second kappa shape index (κ2) is 12.2. The highest BCUT2D eigenvalue weighted by atomic mass is 32.2. The molecule has 0 spiro atoms. The van der Waals surface area contributed by atoms with Crippen LogP contribution in [0.25, 0.3) is 0 Å². The predicted molar refractivity (Wildman–Crippen MR) is 145 cm³/mol. The summed E-state index contributed by atoms with van der Waals surface area (Å²) in [6.45, 7) is 2.54. The maximum atomic E-state index is 13.2. The van der Waals surface area contributed by atoms with Crippen LogP contribution in [-0.4, -0.2) is 72.1 Å². The van der Waals surface area contributed by atoms with Crippen LogP contribution in [0.2, 0.25) is 0 Å².